The van der Waals surface area contributed by atoms with Crippen LogP contribution in [0.25, 0.3) is 16.9 Å². The van der Waals surface area contributed by atoms with Crippen LogP contribution in [0, 0.1) is 6.92 Å². The third-order valence-electron chi connectivity index (χ3n) is 5.13. The van der Waals surface area contributed by atoms with Gasteiger partial charge in [0.15, 0.2) is 0 Å². The predicted octanol–water partition coefficient (Wildman–Crippen LogP) is 6.39. The fourth-order valence-corrected chi connectivity index (χ4v) is 3.58. The van der Waals surface area contributed by atoms with E-state index in [1.54, 1.807) is 13.4 Å². The van der Waals surface area contributed by atoms with Crippen LogP contribution in [0.4, 0.5) is 11.6 Å². The Hall–Kier alpha value is -3.38. The average Bonchev–Trinajstić information content (AvgIpc) is 3.24. The van der Waals surface area contributed by atoms with Gasteiger partial charge in [-0.1, -0.05) is 37.1 Å². The van der Waals surface area contributed by atoms with E-state index in [4.69, 9.17) is 26.3 Å². The first-order chi connectivity index (χ1) is 15.6. The van der Waals surface area contributed by atoms with Crippen LogP contribution in [0.3, 0.4) is 0 Å². The van der Waals surface area contributed by atoms with Crippen molar-refractivity contribution in [3.63, 3.8) is 0 Å². The molecule has 0 unspecified atom stereocenters. The highest BCUT2D eigenvalue weighted by Gasteiger charge is 2.11. The summed E-state index contributed by atoms with van der Waals surface area (Å²) in [7, 11) is 1.66. The lowest BCUT2D eigenvalue weighted by molar-refractivity contribution is 0.413. The van der Waals surface area contributed by atoms with Crippen LogP contribution >= 0.6 is 11.6 Å². The van der Waals surface area contributed by atoms with Crippen molar-refractivity contribution in [1.82, 2.24) is 19.5 Å². The number of benzene rings is 2. The molecule has 0 aliphatic carbocycles. The Labute approximate surface area is 193 Å². The highest BCUT2D eigenvalue weighted by Crippen LogP contribution is 2.29. The molecule has 2 aromatic carbocycles. The Balaban J connectivity index is 1.66. The van der Waals surface area contributed by atoms with Gasteiger partial charge in [0.25, 0.3) is 0 Å². The number of hydrogen-bond acceptors (Lipinski definition) is 5. The number of methoxy groups -OCH3 is 1. The molecule has 7 heteroatoms. The molecule has 2 heterocycles. The van der Waals surface area contributed by atoms with Gasteiger partial charge < -0.3 is 14.6 Å². The van der Waals surface area contributed by atoms with Gasteiger partial charge in [0.2, 0.25) is 5.95 Å². The second-order valence-electron chi connectivity index (χ2n) is 7.61. The van der Waals surface area contributed by atoms with Gasteiger partial charge in [-0.3, -0.25) is 0 Å². The molecule has 164 valence electrons. The number of nitrogens with one attached hydrogen (secondary N) is 1. The zero-order valence-corrected chi connectivity index (χ0v) is 19.2. The zero-order chi connectivity index (χ0) is 22.5. The Morgan fingerprint density at radius 2 is 1.88 bits per heavy atom. The van der Waals surface area contributed by atoms with E-state index in [-0.39, 0.29) is 0 Å². The number of ether oxygens (including phenoxy) is 1. The Kier molecular flexibility index (Phi) is 6.71. The number of halogens is 1. The van der Waals surface area contributed by atoms with Crippen LogP contribution in [0.15, 0.2) is 61.1 Å². The van der Waals surface area contributed by atoms with Crippen molar-refractivity contribution in [2.75, 3.05) is 12.4 Å². The molecular weight excluding hydrogens is 422 g/mol. The van der Waals surface area contributed by atoms with Crippen molar-refractivity contribution in [3.8, 4) is 22.7 Å². The maximum absolute atomic E-state index is 6.06. The molecule has 0 atom stereocenters. The summed E-state index contributed by atoms with van der Waals surface area (Å²) in [4.78, 5) is 13.8. The number of rotatable bonds is 8. The molecule has 0 saturated heterocycles. The lowest BCUT2D eigenvalue weighted by atomic mass is 10.1. The smallest absolute Gasteiger partial charge is 0.227 e. The van der Waals surface area contributed by atoms with Gasteiger partial charge >= 0.3 is 0 Å². The maximum Gasteiger partial charge on any atom is 0.227 e. The molecule has 4 rings (SSSR count). The first-order valence-electron chi connectivity index (χ1n) is 10.7. The van der Waals surface area contributed by atoms with Gasteiger partial charge in [-0.2, -0.15) is 0 Å². The van der Waals surface area contributed by atoms with E-state index < -0.39 is 0 Å². The van der Waals surface area contributed by atoms with E-state index in [2.05, 4.69) is 23.3 Å². The summed E-state index contributed by atoms with van der Waals surface area (Å²) in [5.41, 5.74) is 5.58. The molecule has 0 bridgehead atoms. The van der Waals surface area contributed by atoms with E-state index in [9.17, 15) is 0 Å². The second kappa shape index (κ2) is 9.83. The minimum Gasteiger partial charge on any atom is -0.494 e. The summed E-state index contributed by atoms with van der Waals surface area (Å²) < 4.78 is 7.57. The molecule has 6 nitrogen and oxygen atoms in total. The lowest BCUT2D eigenvalue weighted by Gasteiger charge is -2.13. The molecule has 32 heavy (non-hydrogen) atoms. The standard InChI is InChI=1S/C25H26ClN5O/c1-4-5-6-20-13-22(18-7-9-19(26)10-8-18)30-25(28-20)29-21-11-12-23(24(14-21)32-3)31-15-17(2)27-16-31/h7-16H,4-6H2,1-3H3,(H,28,29,30). The molecule has 0 aliphatic heterocycles. The first-order valence-corrected chi connectivity index (χ1v) is 11.0. The summed E-state index contributed by atoms with van der Waals surface area (Å²) in [5, 5.41) is 4.05. The quantitative estimate of drug-likeness (QED) is 0.339. The number of aromatic nitrogens is 4. The fourth-order valence-electron chi connectivity index (χ4n) is 3.46. The molecule has 1 N–H and O–H groups in total. The largest absolute Gasteiger partial charge is 0.494 e. The highest BCUT2D eigenvalue weighted by atomic mass is 35.5. The van der Waals surface area contributed by atoms with E-state index in [0.29, 0.717) is 11.0 Å². The molecule has 0 aliphatic rings. The normalized spacial score (nSPS) is 10.9. The van der Waals surface area contributed by atoms with Crippen LogP contribution in [-0.4, -0.2) is 26.6 Å². The summed E-state index contributed by atoms with van der Waals surface area (Å²) in [6.45, 7) is 4.14. The number of nitrogens with zero attached hydrogens (tertiary/aromatic N) is 4. The summed E-state index contributed by atoms with van der Waals surface area (Å²) in [6.07, 6.45) is 6.82. The summed E-state index contributed by atoms with van der Waals surface area (Å²) in [6, 6.07) is 15.7. The number of hydrogen-bond donors (Lipinski definition) is 1. The maximum atomic E-state index is 6.06. The molecule has 0 radical (unpaired) electrons. The zero-order valence-electron chi connectivity index (χ0n) is 18.5. The van der Waals surface area contributed by atoms with Crippen LogP contribution in [0.1, 0.15) is 31.2 Å². The van der Waals surface area contributed by atoms with Crippen molar-refractivity contribution in [2.24, 2.45) is 0 Å². The van der Waals surface area contributed by atoms with Gasteiger partial charge in [-0.05, 0) is 50.1 Å². The molecule has 0 fully saturated rings. The first kappa shape index (κ1) is 21.8. The average molecular weight is 448 g/mol. The van der Waals surface area contributed by atoms with E-state index in [0.717, 1.165) is 59.0 Å². The predicted molar refractivity (Wildman–Crippen MR) is 129 cm³/mol. The monoisotopic (exact) mass is 447 g/mol. The van der Waals surface area contributed by atoms with Crippen LogP contribution in [-0.2, 0) is 6.42 Å². The number of aryl methyl sites for hydroxylation is 2. The van der Waals surface area contributed by atoms with Crippen molar-refractivity contribution >= 4 is 23.2 Å². The minimum atomic E-state index is 0.553. The minimum absolute atomic E-state index is 0.553. The fraction of sp³-hybridized carbons (Fsp3) is 0.240. The summed E-state index contributed by atoms with van der Waals surface area (Å²) >= 11 is 6.06. The molecule has 0 saturated carbocycles. The number of unbranched alkanes of at least 4 members (excludes halogenated alkanes) is 1. The van der Waals surface area contributed by atoms with Crippen LogP contribution < -0.4 is 10.1 Å². The highest BCUT2D eigenvalue weighted by molar-refractivity contribution is 6.30. The third kappa shape index (κ3) is 5.08. The van der Waals surface area contributed by atoms with Crippen molar-refractivity contribution < 1.29 is 4.74 Å². The van der Waals surface area contributed by atoms with E-state index in [1.807, 2.05) is 60.2 Å². The van der Waals surface area contributed by atoms with Crippen molar-refractivity contribution in [3.05, 3.63) is 77.5 Å². The number of imidazole rings is 1. The van der Waals surface area contributed by atoms with Crippen molar-refractivity contribution in [1.29, 1.82) is 0 Å². The Morgan fingerprint density at radius 3 is 2.56 bits per heavy atom. The van der Waals surface area contributed by atoms with Gasteiger partial charge in [-0.15, -0.1) is 0 Å². The third-order valence-corrected chi connectivity index (χ3v) is 5.38. The van der Waals surface area contributed by atoms with E-state index in [1.165, 1.54) is 0 Å². The SMILES string of the molecule is CCCCc1cc(-c2ccc(Cl)cc2)nc(Nc2ccc(-n3cnc(C)c3)c(OC)c2)n1. The topological polar surface area (TPSA) is 64.9 Å². The molecular formula is C25H26ClN5O. The van der Waals surface area contributed by atoms with Gasteiger partial charge in [0.1, 0.15) is 5.75 Å². The van der Waals surface area contributed by atoms with Crippen molar-refractivity contribution in [2.45, 2.75) is 33.1 Å². The van der Waals surface area contributed by atoms with E-state index >= 15 is 0 Å². The lowest BCUT2D eigenvalue weighted by Crippen LogP contribution is -2.03. The second-order valence-corrected chi connectivity index (χ2v) is 8.05. The Bertz CT molecular complexity index is 1200. The Morgan fingerprint density at radius 1 is 1.06 bits per heavy atom. The molecule has 4 aromatic rings. The van der Waals surface area contributed by atoms with Gasteiger partial charge in [0.05, 0.1) is 30.5 Å². The number of anilines is 2. The van der Waals surface area contributed by atoms with Gasteiger partial charge in [0, 0.05) is 34.2 Å². The van der Waals surface area contributed by atoms with Crippen LogP contribution in [0.5, 0.6) is 5.75 Å². The van der Waals surface area contributed by atoms with Gasteiger partial charge in [-0.25, -0.2) is 15.0 Å². The molecule has 0 spiro atoms. The van der Waals surface area contributed by atoms with Crippen LogP contribution in [0.2, 0.25) is 5.02 Å². The molecule has 2 aromatic heterocycles. The molecule has 0 amide bonds. The summed E-state index contributed by atoms with van der Waals surface area (Å²) in [5.74, 6) is 1.28.